The van der Waals surface area contributed by atoms with E-state index >= 15 is 0 Å². The Morgan fingerprint density at radius 1 is 1.27 bits per heavy atom. The third-order valence-corrected chi connectivity index (χ3v) is 3.49. The van der Waals surface area contributed by atoms with Crippen molar-refractivity contribution >= 4 is 29.5 Å². The number of aromatic nitrogens is 2. The minimum atomic E-state index is -0.888. The van der Waals surface area contributed by atoms with E-state index in [-0.39, 0.29) is 54.4 Å². The molecule has 1 heterocycles. The molecule has 0 unspecified atom stereocenters. The lowest BCUT2D eigenvalue weighted by atomic mass is 10.2. The third kappa shape index (κ3) is 4.84. The van der Waals surface area contributed by atoms with Crippen LogP contribution >= 0.6 is 12.4 Å². The summed E-state index contributed by atoms with van der Waals surface area (Å²) in [7, 11) is 3.66. The van der Waals surface area contributed by atoms with Gasteiger partial charge in [0.15, 0.2) is 0 Å². The second-order valence-electron chi connectivity index (χ2n) is 5.61. The van der Waals surface area contributed by atoms with E-state index in [9.17, 15) is 15.2 Å². The molecule has 0 spiro atoms. The Labute approximate surface area is 157 Å². The van der Waals surface area contributed by atoms with Crippen molar-refractivity contribution in [1.29, 1.82) is 5.26 Å². The Bertz CT molecular complexity index is 822. The number of rotatable bonds is 6. The monoisotopic (exact) mass is 381 g/mol. The summed E-state index contributed by atoms with van der Waals surface area (Å²) in [5.41, 5.74) is 0.368. The highest BCUT2D eigenvalue weighted by Crippen LogP contribution is 2.16. The summed E-state index contributed by atoms with van der Waals surface area (Å²) in [5.74, 6) is -0.356. The van der Waals surface area contributed by atoms with Crippen molar-refractivity contribution in [3.05, 3.63) is 40.4 Å². The molecular weight excluding hydrogens is 362 g/mol. The van der Waals surface area contributed by atoms with Crippen molar-refractivity contribution in [2.75, 3.05) is 27.2 Å². The number of fused-ring (bicyclic) bond motifs is 1. The molecule has 2 rings (SSSR count). The summed E-state index contributed by atoms with van der Waals surface area (Å²) in [6.45, 7) is 0.583. The van der Waals surface area contributed by atoms with Gasteiger partial charge in [-0.25, -0.2) is 4.79 Å². The molecule has 0 radical (unpaired) electrons. The van der Waals surface area contributed by atoms with Gasteiger partial charge in [-0.1, -0.05) is 12.1 Å². The van der Waals surface area contributed by atoms with Crippen LogP contribution in [0.25, 0.3) is 11.0 Å². The number of nitriles is 1. The number of likely N-dealkylation sites (N-methyl/N-ethyl adjacent to an activating group) is 1. The second-order valence-corrected chi connectivity index (χ2v) is 5.61. The topological polar surface area (TPSA) is 119 Å². The van der Waals surface area contributed by atoms with E-state index in [1.807, 2.05) is 25.1 Å². The standard InChI is InChI=1S/C16H19N5O4.ClH/c1-19(2)11-8-14-15(25-16(22)18-10-5-9-17)21(24)13-7-4-3-6-12(13)20(14)23;/h3-4,6-7H,5,8,10-11H2,1-2H3,(H,18,22);1H. The molecule has 26 heavy (non-hydrogen) atoms. The summed E-state index contributed by atoms with van der Waals surface area (Å²) >= 11 is 0. The Morgan fingerprint density at radius 2 is 1.88 bits per heavy atom. The number of ether oxygens (including phenoxy) is 1. The number of nitrogens with zero attached hydrogens (tertiary/aromatic N) is 4. The molecule has 0 bridgehead atoms. The number of carbonyl (C=O) groups is 1. The molecule has 0 aliphatic rings. The lowest BCUT2D eigenvalue weighted by Crippen LogP contribution is -2.45. The number of hydrogen-bond acceptors (Lipinski definition) is 6. The van der Waals surface area contributed by atoms with Gasteiger partial charge in [-0.3, -0.25) is 0 Å². The minimum Gasteiger partial charge on any atom is -0.618 e. The van der Waals surface area contributed by atoms with Crippen LogP contribution in [0, 0.1) is 21.7 Å². The zero-order chi connectivity index (χ0) is 18.4. The largest absolute Gasteiger partial charge is 0.618 e. The van der Waals surface area contributed by atoms with Crippen molar-refractivity contribution in [3.63, 3.8) is 0 Å². The molecule has 0 aliphatic carbocycles. The molecule has 1 aromatic carbocycles. The molecule has 1 amide bonds. The number of amides is 1. The molecular formula is C16H20ClN5O4. The van der Waals surface area contributed by atoms with Gasteiger partial charge in [0.2, 0.25) is 0 Å². The zero-order valence-electron chi connectivity index (χ0n) is 14.5. The van der Waals surface area contributed by atoms with Crippen LogP contribution in [0.3, 0.4) is 0 Å². The van der Waals surface area contributed by atoms with Crippen LogP contribution < -0.4 is 19.5 Å². The molecule has 1 N–H and O–H groups in total. The first-order valence-corrected chi connectivity index (χ1v) is 7.69. The van der Waals surface area contributed by atoms with Gasteiger partial charge in [-0.05, 0) is 14.1 Å². The molecule has 140 valence electrons. The van der Waals surface area contributed by atoms with Gasteiger partial charge in [0, 0.05) is 25.2 Å². The molecule has 2 aromatic rings. The van der Waals surface area contributed by atoms with Gasteiger partial charge in [0.25, 0.3) is 11.0 Å². The van der Waals surface area contributed by atoms with Gasteiger partial charge in [-0.15, -0.1) is 17.1 Å². The van der Waals surface area contributed by atoms with E-state index < -0.39 is 6.09 Å². The SMILES string of the molecule is CN(C)CCc1c(OC(=O)NCCC#N)[n+]([O-])c2ccccc2[n+]1[O-].Cl. The Kier molecular flexibility index (Phi) is 7.83. The summed E-state index contributed by atoms with van der Waals surface area (Å²) in [4.78, 5) is 13.7. The Hall–Kier alpha value is -2.83. The first-order valence-electron chi connectivity index (χ1n) is 7.69. The maximum Gasteiger partial charge on any atom is 0.459 e. The van der Waals surface area contributed by atoms with Crippen molar-refractivity contribution < 1.29 is 19.0 Å². The van der Waals surface area contributed by atoms with Gasteiger partial charge in [-0.2, -0.15) is 9.99 Å². The third-order valence-electron chi connectivity index (χ3n) is 3.49. The molecule has 0 saturated heterocycles. The molecule has 10 heteroatoms. The lowest BCUT2D eigenvalue weighted by molar-refractivity contribution is -0.638. The van der Waals surface area contributed by atoms with Crippen molar-refractivity contribution in [1.82, 2.24) is 10.2 Å². The highest BCUT2D eigenvalue weighted by atomic mass is 35.5. The van der Waals surface area contributed by atoms with E-state index in [1.165, 1.54) is 12.1 Å². The fraction of sp³-hybridized carbons (Fsp3) is 0.375. The fourth-order valence-electron chi connectivity index (χ4n) is 2.25. The average Bonchev–Trinajstić information content (AvgIpc) is 2.59. The average molecular weight is 382 g/mol. The smallest absolute Gasteiger partial charge is 0.459 e. The quantitative estimate of drug-likeness (QED) is 0.445. The minimum absolute atomic E-state index is 0. The van der Waals surface area contributed by atoms with Crippen LogP contribution in [0.1, 0.15) is 12.1 Å². The number of benzene rings is 1. The number of halogens is 1. The molecule has 0 aliphatic heterocycles. The molecule has 9 nitrogen and oxygen atoms in total. The number of para-hydroxylation sites is 2. The molecule has 1 aromatic heterocycles. The van der Waals surface area contributed by atoms with E-state index in [4.69, 9.17) is 10.00 Å². The van der Waals surface area contributed by atoms with Crippen LogP contribution in [0.15, 0.2) is 24.3 Å². The van der Waals surface area contributed by atoms with Gasteiger partial charge in [0.1, 0.15) is 0 Å². The lowest BCUT2D eigenvalue weighted by Gasteiger charge is -2.14. The van der Waals surface area contributed by atoms with Crippen LogP contribution in [-0.4, -0.2) is 38.2 Å². The predicted octanol–water partition coefficient (Wildman–Crippen LogP) is 0.635. The van der Waals surface area contributed by atoms with E-state index in [1.54, 1.807) is 12.1 Å². The number of hydrogen-bond donors (Lipinski definition) is 1. The second kappa shape index (κ2) is 9.60. The number of nitrogens with one attached hydrogen (secondary N) is 1. The Morgan fingerprint density at radius 3 is 2.46 bits per heavy atom. The zero-order valence-corrected chi connectivity index (χ0v) is 15.3. The van der Waals surface area contributed by atoms with Crippen molar-refractivity contribution in [2.24, 2.45) is 0 Å². The predicted molar refractivity (Wildman–Crippen MR) is 95.6 cm³/mol. The maximum absolute atomic E-state index is 12.6. The van der Waals surface area contributed by atoms with Gasteiger partial charge < -0.3 is 25.4 Å². The van der Waals surface area contributed by atoms with Crippen LogP contribution in [0.4, 0.5) is 4.79 Å². The Balaban J connectivity index is 0.00000338. The summed E-state index contributed by atoms with van der Waals surface area (Å²) in [5, 5.41) is 36.1. The van der Waals surface area contributed by atoms with Crippen LogP contribution in [0.2, 0.25) is 0 Å². The molecule has 0 fully saturated rings. The first kappa shape index (κ1) is 21.2. The summed E-state index contributed by atoms with van der Waals surface area (Å²) in [6.07, 6.45) is -0.551. The van der Waals surface area contributed by atoms with E-state index in [0.717, 1.165) is 0 Å². The molecule has 0 atom stereocenters. The van der Waals surface area contributed by atoms with Crippen LogP contribution in [0.5, 0.6) is 5.88 Å². The van der Waals surface area contributed by atoms with Gasteiger partial charge in [0.05, 0.1) is 18.9 Å². The van der Waals surface area contributed by atoms with E-state index in [2.05, 4.69) is 5.32 Å². The maximum atomic E-state index is 12.6. The highest BCUT2D eigenvalue weighted by Gasteiger charge is 2.31. The van der Waals surface area contributed by atoms with Crippen LogP contribution in [-0.2, 0) is 6.42 Å². The van der Waals surface area contributed by atoms with Gasteiger partial charge >= 0.3 is 17.7 Å². The fourth-order valence-corrected chi connectivity index (χ4v) is 2.25. The number of carbonyl (C=O) groups excluding carboxylic acids is 1. The first-order chi connectivity index (χ1) is 12.0. The van der Waals surface area contributed by atoms with E-state index in [0.29, 0.717) is 16.0 Å². The van der Waals surface area contributed by atoms with Crippen molar-refractivity contribution in [3.8, 4) is 11.9 Å². The highest BCUT2D eigenvalue weighted by molar-refractivity contribution is 5.85. The van der Waals surface area contributed by atoms with Crippen molar-refractivity contribution in [2.45, 2.75) is 12.8 Å². The summed E-state index contributed by atoms with van der Waals surface area (Å²) < 4.78 is 6.16. The summed E-state index contributed by atoms with van der Waals surface area (Å²) in [6, 6.07) is 8.16. The normalized spacial score (nSPS) is 10.2. The molecule has 0 saturated carbocycles.